The zero-order valence-corrected chi connectivity index (χ0v) is 11.9. The minimum Gasteiger partial charge on any atom is -0.382 e. The summed E-state index contributed by atoms with van der Waals surface area (Å²) in [5.74, 6) is 0. The van der Waals surface area contributed by atoms with Gasteiger partial charge in [0.05, 0.1) is 4.92 Å². The first-order valence-electron chi connectivity index (χ1n) is 6.88. The van der Waals surface area contributed by atoms with Gasteiger partial charge >= 0.3 is 0 Å². The van der Waals surface area contributed by atoms with Gasteiger partial charge in [0.25, 0.3) is 5.69 Å². The lowest BCUT2D eigenvalue weighted by Crippen LogP contribution is -2.31. The molecule has 19 heavy (non-hydrogen) atoms. The molecule has 1 aromatic rings. The number of rotatable bonds is 3. The third kappa shape index (κ3) is 3.69. The molecule has 0 heterocycles. The van der Waals surface area contributed by atoms with Crippen LogP contribution in [0.5, 0.6) is 0 Å². The molecule has 1 saturated carbocycles. The fourth-order valence-electron chi connectivity index (χ4n) is 3.01. The minimum atomic E-state index is -0.330. The van der Waals surface area contributed by atoms with Crippen molar-refractivity contribution in [1.82, 2.24) is 0 Å². The van der Waals surface area contributed by atoms with E-state index in [9.17, 15) is 10.1 Å². The molecule has 4 nitrogen and oxygen atoms in total. The van der Waals surface area contributed by atoms with Gasteiger partial charge < -0.3 is 5.32 Å². The maximum atomic E-state index is 10.9. The normalized spacial score (nSPS) is 21.9. The van der Waals surface area contributed by atoms with Crippen LogP contribution < -0.4 is 5.32 Å². The van der Waals surface area contributed by atoms with E-state index in [0.717, 1.165) is 24.1 Å². The highest BCUT2D eigenvalue weighted by molar-refractivity contribution is 5.54. The summed E-state index contributed by atoms with van der Waals surface area (Å²) in [6, 6.07) is 5.64. The number of benzene rings is 1. The second-order valence-electron chi connectivity index (χ2n) is 6.42. The summed E-state index contributed by atoms with van der Waals surface area (Å²) in [6.07, 6.45) is 4.75. The Morgan fingerprint density at radius 3 is 2.74 bits per heavy atom. The summed E-state index contributed by atoms with van der Waals surface area (Å²) in [4.78, 5) is 10.5. The van der Waals surface area contributed by atoms with E-state index in [1.54, 1.807) is 12.1 Å². The molecule has 1 N–H and O–H groups in total. The van der Waals surface area contributed by atoms with Gasteiger partial charge in [-0.15, -0.1) is 0 Å². The van der Waals surface area contributed by atoms with Crippen LogP contribution >= 0.6 is 0 Å². The van der Waals surface area contributed by atoms with Gasteiger partial charge in [0, 0.05) is 23.9 Å². The minimum absolute atomic E-state index is 0.164. The van der Waals surface area contributed by atoms with Crippen molar-refractivity contribution in [3.05, 3.63) is 33.9 Å². The predicted octanol–water partition coefficient (Wildman–Crippen LogP) is 4.28. The molecule has 1 aliphatic rings. The number of hydrogen-bond acceptors (Lipinski definition) is 3. The molecule has 1 atom stereocenters. The molecular weight excluding hydrogens is 240 g/mol. The van der Waals surface area contributed by atoms with E-state index in [1.807, 2.05) is 13.0 Å². The molecule has 104 valence electrons. The van der Waals surface area contributed by atoms with Gasteiger partial charge in [0.1, 0.15) is 0 Å². The highest BCUT2D eigenvalue weighted by Crippen LogP contribution is 2.36. The van der Waals surface area contributed by atoms with Crippen molar-refractivity contribution in [2.45, 2.75) is 52.5 Å². The van der Waals surface area contributed by atoms with Crippen LogP contribution in [0.15, 0.2) is 18.2 Å². The molecule has 1 unspecified atom stereocenters. The zero-order chi connectivity index (χ0) is 14.0. The Balaban J connectivity index is 2.12. The van der Waals surface area contributed by atoms with Gasteiger partial charge in [-0.25, -0.2) is 0 Å². The molecule has 0 aliphatic heterocycles. The zero-order valence-electron chi connectivity index (χ0n) is 11.9. The molecule has 0 amide bonds. The Morgan fingerprint density at radius 2 is 2.11 bits per heavy atom. The third-order valence-electron chi connectivity index (χ3n) is 3.85. The molecule has 1 fully saturated rings. The van der Waals surface area contributed by atoms with Crippen LogP contribution in [-0.4, -0.2) is 11.0 Å². The first-order chi connectivity index (χ1) is 8.85. The number of aryl methyl sites for hydroxylation is 1. The molecule has 0 spiro atoms. The first kappa shape index (κ1) is 13.8. The van der Waals surface area contributed by atoms with Crippen LogP contribution in [0.4, 0.5) is 11.4 Å². The largest absolute Gasteiger partial charge is 0.382 e. The molecule has 0 radical (unpaired) electrons. The monoisotopic (exact) mass is 262 g/mol. The van der Waals surface area contributed by atoms with Gasteiger partial charge in [-0.05, 0) is 43.2 Å². The maximum Gasteiger partial charge on any atom is 0.271 e. The van der Waals surface area contributed by atoms with Crippen molar-refractivity contribution in [2.75, 3.05) is 5.32 Å². The SMILES string of the molecule is Cc1cc(NC2CCCC(C)(C)C2)cc([N+](=O)[O-])c1. The number of nitrogens with one attached hydrogen (secondary N) is 1. The topological polar surface area (TPSA) is 55.2 Å². The van der Waals surface area contributed by atoms with Crippen molar-refractivity contribution in [2.24, 2.45) is 5.41 Å². The molecule has 1 aromatic carbocycles. The van der Waals surface area contributed by atoms with Crippen LogP contribution in [0.25, 0.3) is 0 Å². The Kier molecular flexibility index (Phi) is 3.78. The fraction of sp³-hybridized carbons (Fsp3) is 0.600. The summed E-state index contributed by atoms with van der Waals surface area (Å²) in [7, 11) is 0. The molecule has 1 aliphatic carbocycles. The Labute approximate surface area is 114 Å². The quantitative estimate of drug-likeness (QED) is 0.653. The molecular formula is C15H22N2O2. The van der Waals surface area contributed by atoms with Gasteiger partial charge in [-0.1, -0.05) is 20.3 Å². The van der Waals surface area contributed by atoms with Crippen molar-refractivity contribution < 1.29 is 4.92 Å². The van der Waals surface area contributed by atoms with E-state index >= 15 is 0 Å². The lowest BCUT2D eigenvalue weighted by Gasteiger charge is -2.36. The van der Waals surface area contributed by atoms with Crippen molar-refractivity contribution in [1.29, 1.82) is 0 Å². The maximum absolute atomic E-state index is 10.9. The second kappa shape index (κ2) is 5.19. The highest BCUT2D eigenvalue weighted by Gasteiger charge is 2.28. The van der Waals surface area contributed by atoms with E-state index < -0.39 is 0 Å². The van der Waals surface area contributed by atoms with Gasteiger partial charge in [-0.2, -0.15) is 0 Å². The van der Waals surface area contributed by atoms with E-state index in [2.05, 4.69) is 19.2 Å². The van der Waals surface area contributed by atoms with Gasteiger partial charge in [-0.3, -0.25) is 10.1 Å². The van der Waals surface area contributed by atoms with Crippen LogP contribution in [-0.2, 0) is 0 Å². The number of nitrogens with zero attached hydrogens (tertiary/aromatic N) is 1. The lowest BCUT2D eigenvalue weighted by molar-refractivity contribution is -0.384. The van der Waals surface area contributed by atoms with Gasteiger partial charge in [0.2, 0.25) is 0 Å². The smallest absolute Gasteiger partial charge is 0.271 e. The number of nitro benzene ring substituents is 1. The molecule has 0 aromatic heterocycles. The van der Waals surface area contributed by atoms with Crippen molar-refractivity contribution >= 4 is 11.4 Å². The molecule has 0 saturated heterocycles. The second-order valence-corrected chi connectivity index (χ2v) is 6.42. The average Bonchev–Trinajstić information content (AvgIpc) is 2.26. The third-order valence-corrected chi connectivity index (χ3v) is 3.85. The van der Waals surface area contributed by atoms with Crippen molar-refractivity contribution in [3.8, 4) is 0 Å². The molecule has 0 bridgehead atoms. The Hall–Kier alpha value is -1.58. The first-order valence-corrected chi connectivity index (χ1v) is 6.88. The number of non-ortho nitro benzene ring substituents is 1. The van der Waals surface area contributed by atoms with E-state index in [1.165, 1.54) is 12.8 Å². The van der Waals surface area contributed by atoms with Crippen LogP contribution in [0.3, 0.4) is 0 Å². The standard InChI is InChI=1S/C15H22N2O2/c1-11-7-13(9-14(8-11)17(18)19)16-12-5-4-6-15(2,3)10-12/h7-9,12,16H,4-6,10H2,1-3H3. The lowest BCUT2D eigenvalue weighted by atomic mass is 9.75. The summed E-state index contributed by atoms with van der Waals surface area (Å²) >= 11 is 0. The van der Waals surface area contributed by atoms with Gasteiger partial charge in [0.15, 0.2) is 0 Å². The van der Waals surface area contributed by atoms with Crippen LogP contribution in [0, 0.1) is 22.5 Å². The predicted molar refractivity (Wildman–Crippen MR) is 77.5 cm³/mol. The fourth-order valence-corrected chi connectivity index (χ4v) is 3.01. The van der Waals surface area contributed by atoms with E-state index in [-0.39, 0.29) is 10.6 Å². The summed E-state index contributed by atoms with van der Waals surface area (Å²) in [6.45, 7) is 6.47. The summed E-state index contributed by atoms with van der Waals surface area (Å²) in [5, 5.41) is 14.3. The van der Waals surface area contributed by atoms with Crippen LogP contribution in [0.2, 0.25) is 0 Å². The van der Waals surface area contributed by atoms with E-state index in [0.29, 0.717) is 11.5 Å². The van der Waals surface area contributed by atoms with Crippen molar-refractivity contribution in [3.63, 3.8) is 0 Å². The Morgan fingerprint density at radius 1 is 1.37 bits per heavy atom. The number of anilines is 1. The summed E-state index contributed by atoms with van der Waals surface area (Å²) < 4.78 is 0. The average molecular weight is 262 g/mol. The number of hydrogen-bond donors (Lipinski definition) is 1. The molecule has 2 rings (SSSR count). The van der Waals surface area contributed by atoms with Crippen LogP contribution in [0.1, 0.15) is 45.1 Å². The van der Waals surface area contributed by atoms with E-state index in [4.69, 9.17) is 0 Å². The highest BCUT2D eigenvalue weighted by atomic mass is 16.6. The number of nitro groups is 1. The Bertz CT molecular complexity index is 483. The summed E-state index contributed by atoms with van der Waals surface area (Å²) in [5.41, 5.74) is 2.32. The molecule has 4 heteroatoms.